The molecule has 20 heavy (non-hydrogen) atoms. The van der Waals surface area contributed by atoms with Crippen LogP contribution in [-0.4, -0.2) is 28.6 Å². The minimum absolute atomic E-state index is 0.0926. The number of nitro groups is 1. The monoisotopic (exact) mass is 291 g/mol. The van der Waals surface area contributed by atoms with Gasteiger partial charge in [0.05, 0.1) is 11.5 Å². The van der Waals surface area contributed by atoms with Crippen molar-refractivity contribution in [1.82, 2.24) is 4.90 Å². The third-order valence-electron chi connectivity index (χ3n) is 2.82. The van der Waals surface area contributed by atoms with Crippen molar-refractivity contribution in [2.45, 2.75) is 32.6 Å². The van der Waals surface area contributed by atoms with Gasteiger partial charge in [0.1, 0.15) is 0 Å². The number of halogens is 3. The maximum absolute atomic E-state index is 12.5. The minimum atomic E-state index is -4.33. The molecule has 0 saturated heterocycles. The highest BCUT2D eigenvalue weighted by Gasteiger charge is 2.32. The van der Waals surface area contributed by atoms with E-state index in [4.69, 9.17) is 5.73 Å². The van der Waals surface area contributed by atoms with Crippen LogP contribution in [0.5, 0.6) is 0 Å². The summed E-state index contributed by atoms with van der Waals surface area (Å²) in [6.45, 7) is 2.07. The van der Waals surface area contributed by atoms with E-state index in [0.29, 0.717) is 5.56 Å². The van der Waals surface area contributed by atoms with E-state index in [2.05, 4.69) is 0 Å². The van der Waals surface area contributed by atoms with Crippen LogP contribution in [0.4, 0.5) is 24.5 Å². The van der Waals surface area contributed by atoms with Crippen LogP contribution in [0.1, 0.15) is 19.4 Å². The molecule has 0 aliphatic heterocycles. The maximum atomic E-state index is 12.5. The van der Waals surface area contributed by atoms with E-state index in [1.807, 2.05) is 0 Å². The Labute approximate surface area is 114 Å². The number of hydrogen-bond acceptors (Lipinski definition) is 4. The summed E-state index contributed by atoms with van der Waals surface area (Å²) < 4.78 is 37.5. The molecule has 0 heterocycles. The normalized spacial score (nSPS) is 12.2. The summed E-state index contributed by atoms with van der Waals surface area (Å²) in [6, 6.07) is 3.40. The first kappa shape index (κ1) is 16.2. The number of non-ortho nitro benzene ring substituents is 1. The van der Waals surface area contributed by atoms with Gasteiger partial charge in [0.25, 0.3) is 5.69 Å². The smallest absolute Gasteiger partial charge is 0.398 e. The van der Waals surface area contributed by atoms with E-state index >= 15 is 0 Å². The molecule has 1 aromatic rings. The van der Waals surface area contributed by atoms with Crippen molar-refractivity contribution in [3.05, 3.63) is 33.9 Å². The van der Waals surface area contributed by atoms with Crippen LogP contribution in [0.3, 0.4) is 0 Å². The zero-order chi connectivity index (χ0) is 15.5. The van der Waals surface area contributed by atoms with E-state index in [1.54, 1.807) is 13.8 Å². The van der Waals surface area contributed by atoms with Gasteiger partial charge >= 0.3 is 6.18 Å². The van der Waals surface area contributed by atoms with Crippen LogP contribution in [0.15, 0.2) is 18.2 Å². The Morgan fingerprint density at radius 2 is 2.00 bits per heavy atom. The highest BCUT2D eigenvalue weighted by Crippen LogP contribution is 2.24. The second-order valence-electron chi connectivity index (χ2n) is 4.75. The molecule has 0 spiro atoms. The molecule has 1 aromatic carbocycles. The molecule has 5 nitrogen and oxygen atoms in total. The van der Waals surface area contributed by atoms with Gasteiger partial charge in [-0.3, -0.25) is 15.0 Å². The van der Waals surface area contributed by atoms with Crippen molar-refractivity contribution in [1.29, 1.82) is 0 Å². The number of benzene rings is 1. The van der Waals surface area contributed by atoms with Gasteiger partial charge in [-0.05, 0) is 25.5 Å². The summed E-state index contributed by atoms with van der Waals surface area (Å²) in [4.78, 5) is 11.2. The average molecular weight is 291 g/mol. The molecule has 0 bridgehead atoms. The topological polar surface area (TPSA) is 72.4 Å². The van der Waals surface area contributed by atoms with Crippen molar-refractivity contribution in [2.75, 3.05) is 12.3 Å². The van der Waals surface area contributed by atoms with Crippen molar-refractivity contribution < 1.29 is 18.1 Å². The lowest BCUT2D eigenvalue weighted by Crippen LogP contribution is -2.38. The van der Waals surface area contributed by atoms with E-state index in [-0.39, 0.29) is 24.0 Å². The fourth-order valence-electron chi connectivity index (χ4n) is 1.71. The molecule has 112 valence electrons. The first-order valence-electron chi connectivity index (χ1n) is 5.93. The Morgan fingerprint density at radius 1 is 1.40 bits per heavy atom. The molecule has 0 saturated carbocycles. The zero-order valence-corrected chi connectivity index (χ0v) is 11.1. The minimum Gasteiger partial charge on any atom is -0.398 e. The summed E-state index contributed by atoms with van der Waals surface area (Å²) >= 11 is 0. The Balaban J connectivity index is 2.99. The lowest BCUT2D eigenvalue weighted by atomic mass is 10.1. The third kappa shape index (κ3) is 4.69. The molecule has 0 unspecified atom stereocenters. The molecule has 8 heteroatoms. The van der Waals surface area contributed by atoms with Crippen molar-refractivity contribution in [2.24, 2.45) is 0 Å². The number of rotatable bonds is 5. The molecule has 0 aliphatic rings. The Morgan fingerprint density at radius 3 is 2.45 bits per heavy atom. The molecule has 0 radical (unpaired) electrons. The van der Waals surface area contributed by atoms with Gasteiger partial charge in [0.2, 0.25) is 0 Å². The summed E-state index contributed by atoms with van der Waals surface area (Å²) in [6.07, 6.45) is -4.33. The van der Waals surface area contributed by atoms with Crippen molar-refractivity contribution in [3.63, 3.8) is 0 Å². The second kappa shape index (κ2) is 6.08. The Hall–Kier alpha value is -1.83. The largest absolute Gasteiger partial charge is 0.401 e. The van der Waals surface area contributed by atoms with E-state index in [9.17, 15) is 23.3 Å². The molecule has 0 aliphatic carbocycles. The van der Waals surface area contributed by atoms with E-state index < -0.39 is 17.6 Å². The molecule has 0 amide bonds. The molecular formula is C12H16F3N3O2. The molecular weight excluding hydrogens is 275 g/mol. The molecule has 0 atom stereocenters. The molecule has 0 aromatic heterocycles. The van der Waals surface area contributed by atoms with Gasteiger partial charge in [0, 0.05) is 30.4 Å². The van der Waals surface area contributed by atoms with Crippen LogP contribution >= 0.6 is 0 Å². The van der Waals surface area contributed by atoms with Crippen LogP contribution in [0, 0.1) is 10.1 Å². The molecule has 0 fully saturated rings. The lowest BCUT2D eigenvalue weighted by Gasteiger charge is -2.27. The highest BCUT2D eigenvalue weighted by atomic mass is 19.4. The summed E-state index contributed by atoms with van der Waals surface area (Å²) in [7, 11) is 0. The highest BCUT2D eigenvalue weighted by molar-refractivity contribution is 5.52. The number of anilines is 1. The molecule has 1 rings (SSSR count). The zero-order valence-electron chi connectivity index (χ0n) is 11.1. The van der Waals surface area contributed by atoms with Gasteiger partial charge in [0.15, 0.2) is 0 Å². The van der Waals surface area contributed by atoms with Crippen LogP contribution in [-0.2, 0) is 6.54 Å². The van der Waals surface area contributed by atoms with Gasteiger partial charge in [-0.2, -0.15) is 13.2 Å². The fourth-order valence-corrected chi connectivity index (χ4v) is 1.71. The molecule has 2 N–H and O–H groups in total. The second-order valence-corrected chi connectivity index (χ2v) is 4.75. The number of nitrogen functional groups attached to an aromatic ring is 1. The summed E-state index contributed by atoms with van der Waals surface area (Å²) in [5.41, 5.74) is 6.04. The SMILES string of the molecule is CC(C)N(Cc1cc([N+](=O)[O-])ccc1N)CC(F)(F)F. The maximum Gasteiger partial charge on any atom is 0.401 e. The Bertz CT molecular complexity index is 489. The first-order chi connectivity index (χ1) is 9.10. The average Bonchev–Trinajstić information content (AvgIpc) is 2.28. The first-order valence-corrected chi connectivity index (χ1v) is 5.93. The predicted molar refractivity (Wildman–Crippen MR) is 69.1 cm³/mol. The van der Waals surface area contributed by atoms with Gasteiger partial charge < -0.3 is 5.73 Å². The third-order valence-corrected chi connectivity index (χ3v) is 2.82. The Kier molecular flexibility index (Phi) is 4.93. The van der Waals surface area contributed by atoms with E-state index in [1.165, 1.54) is 18.2 Å². The number of nitrogens with two attached hydrogens (primary N) is 1. The van der Waals surface area contributed by atoms with Gasteiger partial charge in [-0.1, -0.05) is 0 Å². The lowest BCUT2D eigenvalue weighted by molar-refractivity contribution is -0.384. The quantitative estimate of drug-likeness (QED) is 0.514. The van der Waals surface area contributed by atoms with Crippen LogP contribution in [0.2, 0.25) is 0 Å². The van der Waals surface area contributed by atoms with Crippen molar-refractivity contribution in [3.8, 4) is 0 Å². The summed E-state index contributed by atoms with van der Waals surface area (Å²) in [5, 5.41) is 10.7. The summed E-state index contributed by atoms with van der Waals surface area (Å²) in [5.74, 6) is 0. The number of hydrogen-bond donors (Lipinski definition) is 1. The van der Waals surface area contributed by atoms with E-state index in [0.717, 1.165) is 4.90 Å². The van der Waals surface area contributed by atoms with Crippen LogP contribution < -0.4 is 5.73 Å². The van der Waals surface area contributed by atoms with Crippen LogP contribution in [0.25, 0.3) is 0 Å². The fraction of sp³-hybridized carbons (Fsp3) is 0.500. The number of nitro benzene ring substituents is 1. The van der Waals surface area contributed by atoms with Crippen molar-refractivity contribution >= 4 is 11.4 Å². The standard InChI is InChI=1S/C12H16F3N3O2/c1-8(2)17(7-12(13,14)15)6-9-5-10(18(19)20)3-4-11(9)16/h3-5,8H,6-7,16H2,1-2H3. The predicted octanol–water partition coefficient (Wildman–Crippen LogP) is 2.95. The van der Waals surface area contributed by atoms with Gasteiger partial charge in [-0.25, -0.2) is 0 Å². The number of alkyl halides is 3. The number of nitrogens with zero attached hydrogens (tertiary/aromatic N) is 2. The van der Waals surface area contributed by atoms with Gasteiger partial charge in [-0.15, -0.1) is 0 Å².